The van der Waals surface area contributed by atoms with Gasteiger partial charge in [0.2, 0.25) is 5.91 Å². The van der Waals surface area contributed by atoms with Crippen molar-refractivity contribution in [2.45, 2.75) is 44.8 Å². The Labute approximate surface area is 102 Å². The number of nitrogens with zero attached hydrogens (tertiary/aromatic N) is 1. The number of hydrogen-bond donors (Lipinski definition) is 1. The molecule has 0 unspecified atom stereocenters. The fourth-order valence-electron chi connectivity index (χ4n) is 1.49. The minimum absolute atomic E-state index is 0.0909. The average Bonchev–Trinajstić information content (AvgIpc) is 2.35. The maximum atomic E-state index is 13.2. The molecule has 8 heteroatoms. The number of halogens is 2. The van der Waals surface area contributed by atoms with Crippen LogP contribution in [0.5, 0.6) is 0 Å². The van der Waals surface area contributed by atoms with Crippen LogP contribution in [0, 0.1) is 0 Å². The van der Waals surface area contributed by atoms with Crippen LogP contribution in [0.2, 0.25) is 0 Å². The van der Waals surface area contributed by atoms with Crippen molar-refractivity contribution < 1.29 is 27.9 Å². The summed E-state index contributed by atoms with van der Waals surface area (Å²) in [4.78, 5) is 34.0. The van der Waals surface area contributed by atoms with Crippen LogP contribution in [0.15, 0.2) is 0 Å². The van der Waals surface area contributed by atoms with E-state index in [0.29, 0.717) is 0 Å². The van der Waals surface area contributed by atoms with Crippen LogP contribution in [0.3, 0.4) is 0 Å². The molecule has 1 fully saturated rings. The molecular formula is C10H14F2N2O4. The highest BCUT2D eigenvalue weighted by molar-refractivity contribution is 6.03. The van der Waals surface area contributed by atoms with E-state index in [0.717, 1.165) is 0 Å². The fourth-order valence-corrected chi connectivity index (χ4v) is 1.49. The van der Waals surface area contributed by atoms with Gasteiger partial charge in [0.05, 0.1) is 6.42 Å². The first-order chi connectivity index (χ1) is 7.96. The van der Waals surface area contributed by atoms with E-state index in [2.05, 4.69) is 0 Å². The average molecular weight is 264 g/mol. The number of nitrogens with two attached hydrogens (primary N) is 1. The molecule has 1 aliphatic rings. The topological polar surface area (TPSA) is 89.7 Å². The van der Waals surface area contributed by atoms with Gasteiger partial charge in [-0.25, -0.2) is 9.69 Å². The second-order valence-electron chi connectivity index (χ2n) is 4.98. The van der Waals surface area contributed by atoms with Gasteiger partial charge in [-0.3, -0.25) is 9.59 Å². The fraction of sp³-hybridized carbons (Fsp3) is 0.700. The Balaban J connectivity index is 3.00. The molecule has 18 heavy (non-hydrogen) atoms. The number of primary amides is 1. The van der Waals surface area contributed by atoms with Gasteiger partial charge in [0, 0.05) is 0 Å². The summed E-state index contributed by atoms with van der Waals surface area (Å²) in [6.45, 7) is 4.51. The highest BCUT2D eigenvalue weighted by atomic mass is 19.3. The molecule has 1 rings (SSSR count). The van der Waals surface area contributed by atoms with Gasteiger partial charge in [-0.05, 0) is 20.8 Å². The molecule has 0 aliphatic carbocycles. The van der Waals surface area contributed by atoms with Gasteiger partial charge in [0.25, 0.3) is 0 Å². The van der Waals surface area contributed by atoms with Crippen molar-refractivity contribution in [3.05, 3.63) is 0 Å². The molecule has 0 saturated carbocycles. The SMILES string of the molecule is CC(C)(C)OC(=O)N1C(=O)C(F)(F)C[C@H]1C(N)=O. The third-order valence-corrected chi connectivity index (χ3v) is 2.21. The number of alkyl halides is 2. The predicted octanol–water partition coefficient (Wildman–Crippen LogP) is 0.643. The van der Waals surface area contributed by atoms with Gasteiger partial charge < -0.3 is 10.5 Å². The van der Waals surface area contributed by atoms with Gasteiger partial charge in [-0.15, -0.1) is 0 Å². The molecule has 0 aromatic carbocycles. The number of ether oxygens (including phenoxy) is 1. The molecule has 102 valence electrons. The molecule has 2 N–H and O–H groups in total. The molecule has 1 aliphatic heterocycles. The number of amides is 3. The lowest BCUT2D eigenvalue weighted by Gasteiger charge is -2.25. The summed E-state index contributed by atoms with van der Waals surface area (Å²) in [5.41, 5.74) is 3.92. The molecule has 3 amide bonds. The zero-order valence-electron chi connectivity index (χ0n) is 10.2. The van der Waals surface area contributed by atoms with Gasteiger partial charge in [0.15, 0.2) is 0 Å². The van der Waals surface area contributed by atoms with Gasteiger partial charge in [0.1, 0.15) is 11.6 Å². The van der Waals surface area contributed by atoms with E-state index in [1.165, 1.54) is 20.8 Å². The van der Waals surface area contributed by atoms with Crippen molar-refractivity contribution in [2.24, 2.45) is 5.73 Å². The van der Waals surface area contributed by atoms with Crippen LogP contribution in [0.1, 0.15) is 27.2 Å². The van der Waals surface area contributed by atoms with Crippen LogP contribution in [-0.2, 0) is 14.3 Å². The Hall–Kier alpha value is -1.73. The molecule has 0 bridgehead atoms. The molecule has 0 radical (unpaired) electrons. The normalized spacial score (nSPS) is 23.1. The number of carbonyl (C=O) groups is 3. The van der Waals surface area contributed by atoms with E-state index in [-0.39, 0.29) is 4.90 Å². The van der Waals surface area contributed by atoms with E-state index < -0.39 is 41.9 Å². The second kappa shape index (κ2) is 4.18. The van der Waals surface area contributed by atoms with Crippen molar-refractivity contribution in [3.8, 4) is 0 Å². The quantitative estimate of drug-likeness (QED) is 0.752. The summed E-state index contributed by atoms with van der Waals surface area (Å²) in [5.74, 6) is -6.72. The zero-order valence-corrected chi connectivity index (χ0v) is 10.2. The van der Waals surface area contributed by atoms with Crippen LogP contribution in [0.4, 0.5) is 13.6 Å². The Morgan fingerprint density at radius 1 is 1.44 bits per heavy atom. The summed E-state index contributed by atoms with van der Waals surface area (Å²) in [6, 6.07) is -1.68. The standard InChI is InChI=1S/C10H14F2N2O4/c1-9(2,3)18-8(17)14-5(6(13)15)4-10(11,12)7(14)16/h5H,4H2,1-3H3,(H2,13,15)/t5-/m0/s1. The Kier molecular flexibility index (Phi) is 3.33. The highest BCUT2D eigenvalue weighted by Crippen LogP contribution is 2.34. The monoisotopic (exact) mass is 264 g/mol. The second-order valence-corrected chi connectivity index (χ2v) is 4.98. The van der Waals surface area contributed by atoms with E-state index in [1.54, 1.807) is 0 Å². The molecule has 1 atom stereocenters. The summed E-state index contributed by atoms with van der Waals surface area (Å²) in [6.07, 6.45) is -2.41. The molecular weight excluding hydrogens is 250 g/mol. The van der Waals surface area contributed by atoms with Crippen LogP contribution in [-0.4, -0.2) is 40.4 Å². The maximum Gasteiger partial charge on any atom is 0.417 e. The Morgan fingerprint density at radius 3 is 2.33 bits per heavy atom. The number of rotatable bonds is 1. The smallest absolute Gasteiger partial charge is 0.417 e. The third-order valence-electron chi connectivity index (χ3n) is 2.21. The van der Waals surface area contributed by atoms with Crippen LogP contribution < -0.4 is 5.73 Å². The lowest BCUT2D eigenvalue weighted by atomic mass is 10.2. The molecule has 6 nitrogen and oxygen atoms in total. The summed E-state index contributed by atoms with van der Waals surface area (Å²) >= 11 is 0. The molecule has 1 heterocycles. The first-order valence-corrected chi connectivity index (χ1v) is 5.19. The summed E-state index contributed by atoms with van der Waals surface area (Å²) in [5, 5.41) is 0. The number of imide groups is 1. The first-order valence-electron chi connectivity index (χ1n) is 5.19. The maximum absolute atomic E-state index is 13.2. The third kappa shape index (κ3) is 2.74. The zero-order chi connectivity index (χ0) is 14.3. The van der Waals surface area contributed by atoms with Gasteiger partial charge in [-0.2, -0.15) is 8.78 Å². The minimum Gasteiger partial charge on any atom is -0.443 e. The number of hydrogen-bond acceptors (Lipinski definition) is 4. The predicted molar refractivity (Wildman–Crippen MR) is 55.6 cm³/mol. The first kappa shape index (κ1) is 14.3. The summed E-state index contributed by atoms with van der Waals surface area (Å²) in [7, 11) is 0. The van der Waals surface area contributed by atoms with Crippen molar-refractivity contribution in [1.82, 2.24) is 4.90 Å². The Bertz CT molecular complexity index is 403. The Morgan fingerprint density at radius 2 is 1.94 bits per heavy atom. The van der Waals surface area contributed by atoms with Crippen molar-refractivity contribution in [3.63, 3.8) is 0 Å². The van der Waals surface area contributed by atoms with Crippen LogP contribution >= 0.6 is 0 Å². The van der Waals surface area contributed by atoms with Crippen molar-refractivity contribution >= 4 is 17.9 Å². The largest absolute Gasteiger partial charge is 0.443 e. The van der Waals surface area contributed by atoms with E-state index in [4.69, 9.17) is 10.5 Å². The number of carbonyl (C=O) groups excluding carboxylic acids is 3. The lowest BCUT2D eigenvalue weighted by Crippen LogP contribution is -2.48. The van der Waals surface area contributed by atoms with Crippen molar-refractivity contribution in [1.29, 1.82) is 0 Å². The number of likely N-dealkylation sites (tertiary alicyclic amines) is 1. The molecule has 0 aromatic heterocycles. The van der Waals surface area contributed by atoms with Crippen molar-refractivity contribution in [2.75, 3.05) is 0 Å². The van der Waals surface area contributed by atoms with Gasteiger partial charge >= 0.3 is 17.9 Å². The molecule has 0 aromatic rings. The van der Waals surface area contributed by atoms with E-state index >= 15 is 0 Å². The highest BCUT2D eigenvalue weighted by Gasteiger charge is 2.58. The summed E-state index contributed by atoms with van der Waals surface area (Å²) < 4.78 is 31.2. The molecule has 0 spiro atoms. The lowest BCUT2D eigenvalue weighted by molar-refractivity contribution is -0.147. The van der Waals surface area contributed by atoms with E-state index in [1.807, 2.05) is 0 Å². The van der Waals surface area contributed by atoms with Gasteiger partial charge in [-0.1, -0.05) is 0 Å². The minimum atomic E-state index is -3.78. The van der Waals surface area contributed by atoms with Crippen LogP contribution in [0.25, 0.3) is 0 Å². The molecule has 1 saturated heterocycles. The van der Waals surface area contributed by atoms with E-state index in [9.17, 15) is 23.2 Å².